The van der Waals surface area contributed by atoms with E-state index in [-0.39, 0.29) is 0 Å². The molecule has 0 aliphatic rings. The van der Waals surface area contributed by atoms with E-state index in [9.17, 15) is 0 Å². The average Bonchev–Trinajstić information content (AvgIpc) is 2.19. The van der Waals surface area contributed by atoms with Gasteiger partial charge in [0, 0.05) is 0 Å². The number of halogens is 1. The minimum Gasteiger partial charge on any atom is -0.196 e. The largest absolute Gasteiger partial charge is 0.250 e. The van der Waals surface area contributed by atoms with Crippen molar-refractivity contribution in [2.45, 2.75) is 77.9 Å². The van der Waals surface area contributed by atoms with Gasteiger partial charge in [-0.25, -0.2) is 0 Å². The van der Waals surface area contributed by atoms with Crippen molar-refractivity contribution in [1.29, 1.82) is 0 Å². The Morgan fingerprint density at radius 1 is 0.714 bits per heavy atom. The number of unbranched alkanes of at least 4 members (excludes halogenated alkanes) is 6. The lowest BCUT2D eigenvalue weighted by Gasteiger charge is -2.05. The second kappa shape index (κ2) is 11.4. The molecule has 0 atom stereocenters. The molecule has 0 nitrogen and oxygen atoms in total. The maximum Gasteiger partial charge on any atom is 0.250 e. The van der Waals surface area contributed by atoms with Gasteiger partial charge in [-0.1, -0.05) is 77.9 Å². The lowest BCUT2D eigenvalue weighted by atomic mass is 9.66. The molecule has 0 saturated carbocycles. The zero-order valence-corrected chi connectivity index (χ0v) is 10.8. The predicted octanol–water partition coefficient (Wildman–Crippen LogP) is 5.38. The van der Waals surface area contributed by atoms with Crippen LogP contribution in [0.4, 0.5) is 0 Å². The molecule has 0 unspecified atom stereocenters. The summed E-state index contributed by atoms with van der Waals surface area (Å²) in [7, 11) is 0. The van der Waals surface area contributed by atoms with Crippen molar-refractivity contribution in [3.05, 3.63) is 0 Å². The quantitative estimate of drug-likeness (QED) is 0.340. The summed E-state index contributed by atoms with van der Waals surface area (Å²) >= 11 is 6.24. The minimum atomic E-state index is 0.448. The molecule has 0 saturated heterocycles. The van der Waals surface area contributed by atoms with Gasteiger partial charge in [-0.05, 0) is 0 Å². The molecule has 0 spiro atoms. The van der Waals surface area contributed by atoms with Crippen LogP contribution in [0.3, 0.4) is 0 Å². The summed E-state index contributed by atoms with van der Waals surface area (Å²) in [6, 6.07) is 0. The van der Waals surface area contributed by atoms with E-state index < -0.39 is 0 Å². The van der Waals surface area contributed by atoms with Crippen LogP contribution in [0, 0.1) is 0 Å². The first-order valence-corrected chi connectivity index (χ1v) is 6.89. The standard InChI is InChI=1S/C12H26BCl/c1-3-5-7-9-11-13(14)12-10-8-6-4-2/h3-12H2,1-2H3. The van der Waals surface area contributed by atoms with Crippen molar-refractivity contribution >= 4 is 17.6 Å². The Labute approximate surface area is 95.8 Å². The summed E-state index contributed by atoms with van der Waals surface area (Å²) in [5, 5.41) is 0. The van der Waals surface area contributed by atoms with Gasteiger partial charge in [-0.15, -0.1) is 0 Å². The van der Waals surface area contributed by atoms with Crippen LogP contribution in [0.5, 0.6) is 0 Å². The van der Waals surface area contributed by atoms with Gasteiger partial charge in [-0.3, -0.25) is 0 Å². The van der Waals surface area contributed by atoms with Crippen molar-refractivity contribution in [2.24, 2.45) is 0 Å². The van der Waals surface area contributed by atoms with Crippen LogP contribution >= 0.6 is 11.5 Å². The Balaban J connectivity index is 3.07. The molecule has 84 valence electrons. The van der Waals surface area contributed by atoms with E-state index in [1.807, 2.05) is 0 Å². The average molecular weight is 217 g/mol. The SMILES string of the molecule is CCCCCCB(Cl)CCCCCC. The first-order valence-electron chi connectivity index (χ1n) is 6.45. The molecule has 0 aliphatic carbocycles. The molecule has 0 bridgehead atoms. The highest BCUT2D eigenvalue weighted by Gasteiger charge is 2.08. The Kier molecular flexibility index (Phi) is 11.7. The zero-order valence-electron chi connectivity index (χ0n) is 10.0. The van der Waals surface area contributed by atoms with Crippen molar-refractivity contribution in [1.82, 2.24) is 0 Å². The van der Waals surface area contributed by atoms with E-state index in [4.69, 9.17) is 11.5 Å². The molecule has 0 rings (SSSR count). The van der Waals surface area contributed by atoms with Crippen molar-refractivity contribution in [3.63, 3.8) is 0 Å². The molecule has 0 aromatic carbocycles. The zero-order chi connectivity index (χ0) is 10.6. The summed E-state index contributed by atoms with van der Waals surface area (Å²) in [6.45, 7) is 4.51. The molecule has 0 N–H and O–H groups in total. The molecule has 0 heterocycles. The first kappa shape index (κ1) is 14.4. The number of hydrogen-bond donors (Lipinski definition) is 0. The molecule has 2 heteroatoms. The Morgan fingerprint density at radius 3 is 1.50 bits per heavy atom. The summed E-state index contributed by atoms with van der Waals surface area (Å²) in [5.41, 5.74) is 0. The van der Waals surface area contributed by atoms with Gasteiger partial charge in [-0.2, -0.15) is 11.5 Å². The van der Waals surface area contributed by atoms with Crippen LogP contribution in [0.2, 0.25) is 12.6 Å². The van der Waals surface area contributed by atoms with Gasteiger partial charge in [0.1, 0.15) is 0 Å². The Morgan fingerprint density at radius 2 is 1.14 bits per heavy atom. The molecular weight excluding hydrogens is 190 g/mol. The third-order valence-corrected chi connectivity index (χ3v) is 3.18. The summed E-state index contributed by atoms with van der Waals surface area (Å²) in [4.78, 5) is 0. The van der Waals surface area contributed by atoms with Crippen LogP contribution in [-0.2, 0) is 0 Å². The van der Waals surface area contributed by atoms with E-state index in [0.717, 1.165) is 0 Å². The normalized spacial score (nSPS) is 10.5. The molecule has 0 radical (unpaired) electrons. The van der Waals surface area contributed by atoms with E-state index in [2.05, 4.69) is 13.8 Å². The molecule has 0 aromatic rings. The molecule has 14 heavy (non-hydrogen) atoms. The van der Waals surface area contributed by atoms with Crippen LogP contribution in [0.1, 0.15) is 65.2 Å². The van der Waals surface area contributed by atoms with E-state index in [0.29, 0.717) is 6.13 Å². The maximum atomic E-state index is 6.24. The van der Waals surface area contributed by atoms with Gasteiger partial charge >= 0.3 is 0 Å². The molecule has 0 aliphatic heterocycles. The van der Waals surface area contributed by atoms with Gasteiger partial charge in [0.15, 0.2) is 0 Å². The smallest absolute Gasteiger partial charge is 0.196 e. The van der Waals surface area contributed by atoms with Gasteiger partial charge in [0.05, 0.1) is 0 Å². The fraction of sp³-hybridized carbons (Fsp3) is 1.00. The third kappa shape index (κ3) is 10.4. The highest BCUT2D eigenvalue weighted by Crippen LogP contribution is 2.15. The minimum absolute atomic E-state index is 0.448. The molecule has 0 amide bonds. The van der Waals surface area contributed by atoms with Crippen LogP contribution in [-0.4, -0.2) is 6.13 Å². The summed E-state index contributed by atoms with van der Waals surface area (Å²) in [5.74, 6) is 0. The fourth-order valence-electron chi connectivity index (χ4n) is 1.73. The highest BCUT2D eigenvalue weighted by molar-refractivity contribution is 7.06. The maximum absolute atomic E-state index is 6.24. The van der Waals surface area contributed by atoms with E-state index in [1.54, 1.807) is 0 Å². The Bertz CT molecular complexity index is 94.5. The molecule has 0 aromatic heterocycles. The van der Waals surface area contributed by atoms with Crippen molar-refractivity contribution < 1.29 is 0 Å². The highest BCUT2D eigenvalue weighted by atomic mass is 35.5. The lowest BCUT2D eigenvalue weighted by Crippen LogP contribution is -2.02. The Hall–Kier alpha value is 0.355. The van der Waals surface area contributed by atoms with E-state index in [1.165, 1.54) is 64.0 Å². The second-order valence-corrected chi connectivity index (χ2v) is 4.91. The molecular formula is C12H26BCl. The third-order valence-electron chi connectivity index (χ3n) is 2.74. The molecule has 0 fully saturated rings. The summed E-state index contributed by atoms with van der Waals surface area (Å²) < 4.78 is 0. The van der Waals surface area contributed by atoms with Gasteiger partial charge in [0.25, 0.3) is 6.13 Å². The van der Waals surface area contributed by atoms with Crippen LogP contribution in [0.25, 0.3) is 0 Å². The fourth-order valence-corrected chi connectivity index (χ4v) is 2.04. The van der Waals surface area contributed by atoms with Crippen LogP contribution in [0.15, 0.2) is 0 Å². The first-order chi connectivity index (χ1) is 6.81. The topological polar surface area (TPSA) is 0 Å². The van der Waals surface area contributed by atoms with Crippen molar-refractivity contribution in [2.75, 3.05) is 0 Å². The monoisotopic (exact) mass is 216 g/mol. The van der Waals surface area contributed by atoms with Crippen LogP contribution < -0.4 is 0 Å². The lowest BCUT2D eigenvalue weighted by molar-refractivity contribution is 0.688. The number of rotatable bonds is 10. The number of hydrogen-bond acceptors (Lipinski definition) is 0. The van der Waals surface area contributed by atoms with Crippen molar-refractivity contribution in [3.8, 4) is 0 Å². The van der Waals surface area contributed by atoms with Gasteiger partial charge in [0.2, 0.25) is 0 Å². The predicted molar refractivity (Wildman–Crippen MR) is 69.5 cm³/mol. The van der Waals surface area contributed by atoms with Gasteiger partial charge < -0.3 is 0 Å². The summed E-state index contributed by atoms with van der Waals surface area (Å²) in [6.07, 6.45) is 13.7. The van der Waals surface area contributed by atoms with E-state index >= 15 is 0 Å². The second-order valence-electron chi connectivity index (χ2n) is 4.30.